The Labute approximate surface area is 109 Å². The first-order chi connectivity index (χ1) is 8.77. The lowest BCUT2D eigenvalue weighted by atomic mass is 9.64. The summed E-state index contributed by atoms with van der Waals surface area (Å²) in [4.78, 5) is 12.3. The molecular weight excluding hydrogens is 224 g/mol. The van der Waals surface area contributed by atoms with E-state index in [2.05, 4.69) is 17.4 Å². The van der Waals surface area contributed by atoms with E-state index in [-0.39, 0.29) is 11.3 Å². The molecule has 18 heavy (non-hydrogen) atoms. The second-order valence-electron chi connectivity index (χ2n) is 5.19. The van der Waals surface area contributed by atoms with Gasteiger partial charge in [-0.15, -0.1) is 0 Å². The van der Waals surface area contributed by atoms with Gasteiger partial charge in [0.15, 0.2) is 0 Å². The lowest BCUT2D eigenvalue weighted by Crippen LogP contribution is -2.47. The summed E-state index contributed by atoms with van der Waals surface area (Å²) in [6, 6.07) is 10.3. The van der Waals surface area contributed by atoms with Crippen LogP contribution in [0.4, 0.5) is 0 Å². The van der Waals surface area contributed by atoms with Gasteiger partial charge in [-0.25, -0.2) is 0 Å². The second kappa shape index (κ2) is 6.01. The van der Waals surface area contributed by atoms with E-state index in [1.165, 1.54) is 5.56 Å². The molecule has 0 spiro atoms. The standard InChI is InChI=1S/C15H22N2O/c16-10-5-11-17-14(18)15(8-4-9-15)12-13-6-2-1-3-7-13/h1-3,6-7H,4-5,8-12,16H2,(H,17,18). The smallest absolute Gasteiger partial charge is 0.226 e. The van der Waals surface area contributed by atoms with Crippen LogP contribution in [0.2, 0.25) is 0 Å². The van der Waals surface area contributed by atoms with Gasteiger partial charge in [0.1, 0.15) is 0 Å². The number of rotatable bonds is 6. The van der Waals surface area contributed by atoms with Crippen LogP contribution < -0.4 is 11.1 Å². The van der Waals surface area contributed by atoms with E-state index in [0.29, 0.717) is 13.1 Å². The van der Waals surface area contributed by atoms with Crippen LogP contribution in [0, 0.1) is 5.41 Å². The highest BCUT2D eigenvalue weighted by Gasteiger charge is 2.43. The Morgan fingerprint density at radius 3 is 2.56 bits per heavy atom. The monoisotopic (exact) mass is 246 g/mol. The van der Waals surface area contributed by atoms with Gasteiger partial charge in [-0.3, -0.25) is 4.79 Å². The normalized spacial score (nSPS) is 16.9. The molecule has 0 radical (unpaired) electrons. The lowest BCUT2D eigenvalue weighted by molar-refractivity contribution is -0.135. The van der Waals surface area contributed by atoms with Crippen molar-refractivity contribution in [3.63, 3.8) is 0 Å². The van der Waals surface area contributed by atoms with Gasteiger partial charge in [-0.05, 0) is 37.8 Å². The average Bonchev–Trinajstić information content (AvgIpc) is 2.35. The fourth-order valence-corrected chi connectivity index (χ4v) is 2.57. The van der Waals surface area contributed by atoms with Crippen molar-refractivity contribution in [3.8, 4) is 0 Å². The van der Waals surface area contributed by atoms with Gasteiger partial charge in [-0.2, -0.15) is 0 Å². The topological polar surface area (TPSA) is 55.1 Å². The van der Waals surface area contributed by atoms with Crippen molar-refractivity contribution in [2.75, 3.05) is 13.1 Å². The molecule has 1 fully saturated rings. The van der Waals surface area contributed by atoms with Crippen molar-refractivity contribution in [1.29, 1.82) is 0 Å². The Balaban J connectivity index is 1.95. The summed E-state index contributed by atoms with van der Waals surface area (Å²) in [5.74, 6) is 0.214. The van der Waals surface area contributed by atoms with Gasteiger partial charge in [0, 0.05) is 6.54 Å². The minimum absolute atomic E-state index is 0.157. The van der Waals surface area contributed by atoms with Crippen molar-refractivity contribution in [1.82, 2.24) is 5.32 Å². The van der Waals surface area contributed by atoms with Crippen LogP contribution in [0.5, 0.6) is 0 Å². The van der Waals surface area contributed by atoms with E-state index in [4.69, 9.17) is 5.73 Å². The number of nitrogens with one attached hydrogen (secondary N) is 1. The van der Waals surface area contributed by atoms with E-state index < -0.39 is 0 Å². The van der Waals surface area contributed by atoms with Crippen LogP contribution in [0.15, 0.2) is 30.3 Å². The first-order valence-corrected chi connectivity index (χ1v) is 6.79. The fraction of sp³-hybridized carbons (Fsp3) is 0.533. The van der Waals surface area contributed by atoms with Crippen LogP contribution >= 0.6 is 0 Å². The molecule has 1 amide bonds. The van der Waals surface area contributed by atoms with Crippen LogP contribution in [-0.4, -0.2) is 19.0 Å². The predicted molar refractivity (Wildman–Crippen MR) is 73.1 cm³/mol. The minimum Gasteiger partial charge on any atom is -0.356 e. The van der Waals surface area contributed by atoms with E-state index in [1.54, 1.807) is 0 Å². The molecule has 0 saturated heterocycles. The Kier molecular flexibility index (Phi) is 4.37. The number of carbonyl (C=O) groups excluding carboxylic acids is 1. The molecule has 98 valence electrons. The third-order valence-corrected chi connectivity index (χ3v) is 3.84. The molecule has 3 nitrogen and oxygen atoms in total. The molecule has 0 unspecified atom stereocenters. The van der Waals surface area contributed by atoms with Gasteiger partial charge in [0.25, 0.3) is 0 Å². The molecule has 1 aromatic carbocycles. The quantitative estimate of drug-likeness (QED) is 0.753. The molecular formula is C15H22N2O. The minimum atomic E-state index is -0.157. The summed E-state index contributed by atoms with van der Waals surface area (Å²) in [5.41, 5.74) is 6.54. The van der Waals surface area contributed by atoms with Crippen LogP contribution in [-0.2, 0) is 11.2 Å². The first kappa shape index (κ1) is 13.1. The predicted octanol–water partition coefficient (Wildman–Crippen LogP) is 1.86. The summed E-state index contributed by atoms with van der Waals surface area (Å²) in [5, 5.41) is 3.03. The Bertz CT molecular complexity index is 385. The molecule has 1 aliphatic carbocycles. The van der Waals surface area contributed by atoms with Gasteiger partial charge < -0.3 is 11.1 Å². The number of benzene rings is 1. The highest BCUT2D eigenvalue weighted by atomic mass is 16.2. The molecule has 0 atom stereocenters. The molecule has 2 rings (SSSR count). The van der Waals surface area contributed by atoms with E-state index in [0.717, 1.165) is 32.1 Å². The fourth-order valence-electron chi connectivity index (χ4n) is 2.57. The summed E-state index contributed by atoms with van der Waals surface area (Å²) in [6.07, 6.45) is 4.90. The number of carbonyl (C=O) groups is 1. The zero-order chi connectivity index (χ0) is 12.8. The molecule has 0 aromatic heterocycles. The van der Waals surface area contributed by atoms with Crippen molar-refractivity contribution < 1.29 is 4.79 Å². The number of hydrogen-bond acceptors (Lipinski definition) is 2. The highest BCUT2D eigenvalue weighted by molar-refractivity contribution is 5.83. The van der Waals surface area contributed by atoms with E-state index in [9.17, 15) is 4.79 Å². The zero-order valence-electron chi connectivity index (χ0n) is 10.8. The van der Waals surface area contributed by atoms with Crippen molar-refractivity contribution in [3.05, 3.63) is 35.9 Å². The summed E-state index contributed by atoms with van der Waals surface area (Å²) >= 11 is 0. The molecule has 1 saturated carbocycles. The molecule has 0 heterocycles. The maximum absolute atomic E-state index is 12.3. The Morgan fingerprint density at radius 2 is 2.00 bits per heavy atom. The third-order valence-electron chi connectivity index (χ3n) is 3.84. The van der Waals surface area contributed by atoms with Crippen molar-refractivity contribution in [2.24, 2.45) is 11.1 Å². The molecule has 3 N–H and O–H groups in total. The van der Waals surface area contributed by atoms with Crippen LogP contribution in [0.1, 0.15) is 31.2 Å². The van der Waals surface area contributed by atoms with Gasteiger partial charge in [0.05, 0.1) is 5.41 Å². The SMILES string of the molecule is NCCCNC(=O)C1(Cc2ccccc2)CCC1. The average molecular weight is 246 g/mol. The maximum Gasteiger partial charge on any atom is 0.226 e. The Hall–Kier alpha value is -1.35. The zero-order valence-corrected chi connectivity index (χ0v) is 10.8. The lowest BCUT2D eigenvalue weighted by Gasteiger charge is -2.40. The van der Waals surface area contributed by atoms with Gasteiger partial charge >= 0.3 is 0 Å². The molecule has 3 heteroatoms. The second-order valence-corrected chi connectivity index (χ2v) is 5.19. The summed E-state index contributed by atoms with van der Waals surface area (Å²) in [7, 11) is 0. The van der Waals surface area contributed by atoms with Gasteiger partial charge in [-0.1, -0.05) is 36.8 Å². The summed E-state index contributed by atoms with van der Waals surface area (Å²) in [6.45, 7) is 1.33. The highest BCUT2D eigenvalue weighted by Crippen LogP contribution is 2.43. The first-order valence-electron chi connectivity index (χ1n) is 6.79. The van der Waals surface area contributed by atoms with Crippen molar-refractivity contribution >= 4 is 5.91 Å². The molecule has 0 bridgehead atoms. The summed E-state index contributed by atoms with van der Waals surface area (Å²) < 4.78 is 0. The van der Waals surface area contributed by atoms with E-state index >= 15 is 0 Å². The van der Waals surface area contributed by atoms with Crippen LogP contribution in [0.3, 0.4) is 0 Å². The maximum atomic E-state index is 12.3. The van der Waals surface area contributed by atoms with Crippen molar-refractivity contribution in [2.45, 2.75) is 32.1 Å². The largest absolute Gasteiger partial charge is 0.356 e. The van der Waals surface area contributed by atoms with Gasteiger partial charge in [0.2, 0.25) is 5.91 Å². The molecule has 1 aromatic rings. The molecule has 1 aliphatic rings. The third kappa shape index (κ3) is 2.91. The number of nitrogens with two attached hydrogens (primary N) is 1. The number of amides is 1. The van der Waals surface area contributed by atoms with E-state index in [1.807, 2.05) is 18.2 Å². The molecule has 0 aliphatic heterocycles. The number of hydrogen-bond donors (Lipinski definition) is 2. The Morgan fingerprint density at radius 1 is 1.28 bits per heavy atom. The van der Waals surface area contributed by atoms with Crippen LogP contribution in [0.25, 0.3) is 0 Å².